The van der Waals surface area contributed by atoms with Gasteiger partial charge in [-0.15, -0.1) is 24.2 Å². The van der Waals surface area contributed by atoms with Gasteiger partial charge in [0.25, 0.3) is 0 Å². The molecule has 17 heavy (non-hydrogen) atoms. The van der Waals surface area contributed by atoms with Crippen molar-refractivity contribution in [2.24, 2.45) is 11.5 Å². The fourth-order valence-corrected chi connectivity index (χ4v) is 2.69. The van der Waals surface area contributed by atoms with Crippen LogP contribution in [0.5, 0.6) is 0 Å². The average molecular weight is 275 g/mol. The van der Waals surface area contributed by atoms with E-state index in [4.69, 9.17) is 11.5 Å². The maximum absolute atomic E-state index is 6.13. The largest absolute Gasteiger partial charge is 0.330 e. The lowest BCUT2D eigenvalue weighted by Gasteiger charge is -2.22. The monoisotopic (exact) mass is 274 g/mol. The highest BCUT2D eigenvalue weighted by Gasteiger charge is 2.17. The summed E-state index contributed by atoms with van der Waals surface area (Å²) in [5.41, 5.74) is 12.9. The van der Waals surface area contributed by atoms with Crippen molar-refractivity contribution in [1.29, 1.82) is 0 Å². The van der Waals surface area contributed by atoms with E-state index in [0.717, 1.165) is 6.42 Å². The van der Waals surface area contributed by atoms with Crippen molar-refractivity contribution in [2.75, 3.05) is 6.54 Å². The van der Waals surface area contributed by atoms with Gasteiger partial charge in [-0.25, -0.2) is 0 Å². The van der Waals surface area contributed by atoms with Crippen molar-refractivity contribution in [3.05, 3.63) is 29.8 Å². The third-order valence-electron chi connectivity index (χ3n) is 2.21. The van der Waals surface area contributed by atoms with Crippen LogP contribution in [0.4, 0.5) is 0 Å². The van der Waals surface area contributed by atoms with Crippen LogP contribution in [-0.2, 0) is 0 Å². The Kier molecular flexibility index (Phi) is 7.17. The van der Waals surface area contributed by atoms with Gasteiger partial charge in [-0.3, -0.25) is 0 Å². The third kappa shape index (κ3) is 5.77. The quantitative estimate of drug-likeness (QED) is 0.828. The Morgan fingerprint density at radius 1 is 1.24 bits per heavy atom. The van der Waals surface area contributed by atoms with E-state index in [1.165, 1.54) is 10.5 Å². The zero-order chi connectivity index (χ0) is 12.2. The SMILES string of the molecule is CC(C)(C)Sc1ccccc1[C@@H](N)CCN.Cl. The van der Waals surface area contributed by atoms with Gasteiger partial charge in [-0.1, -0.05) is 39.0 Å². The van der Waals surface area contributed by atoms with E-state index in [1.807, 2.05) is 17.8 Å². The first kappa shape index (κ1) is 16.8. The number of halogens is 1. The minimum atomic E-state index is 0. The van der Waals surface area contributed by atoms with Crippen LogP contribution in [0, 0.1) is 0 Å². The summed E-state index contributed by atoms with van der Waals surface area (Å²) in [4.78, 5) is 1.27. The van der Waals surface area contributed by atoms with Gasteiger partial charge >= 0.3 is 0 Å². The van der Waals surface area contributed by atoms with Crippen LogP contribution >= 0.6 is 24.2 Å². The summed E-state index contributed by atoms with van der Waals surface area (Å²) < 4.78 is 0.207. The summed E-state index contributed by atoms with van der Waals surface area (Å²) in [5, 5.41) is 0. The van der Waals surface area contributed by atoms with E-state index in [2.05, 4.69) is 39.0 Å². The number of thioether (sulfide) groups is 1. The van der Waals surface area contributed by atoms with E-state index in [-0.39, 0.29) is 23.2 Å². The molecular formula is C13H23ClN2S. The normalized spacial score (nSPS) is 13.0. The second kappa shape index (κ2) is 7.27. The average Bonchev–Trinajstić information content (AvgIpc) is 2.16. The van der Waals surface area contributed by atoms with Crippen molar-refractivity contribution in [3.63, 3.8) is 0 Å². The van der Waals surface area contributed by atoms with Crippen LogP contribution in [0.1, 0.15) is 38.8 Å². The Balaban J connectivity index is 0.00000256. The highest BCUT2D eigenvalue weighted by Crippen LogP contribution is 2.36. The first-order valence-electron chi connectivity index (χ1n) is 5.67. The van der Waals surface area contributed by atoms with E-state index in [9.17, 15) is 0 Å². The van der Waals surface area contributed by atoms with Crippen molar-refractivity contribution in [2.45, 2.75) is 42.9 Å². The molecule has 0 saturated carbocycles. The van der Waals surface area contributed by atoms with Gasteiger partial charge in [0, 0.05) is 15.7 Å². The second-order valence-electron chi connectivity index (χ2n) is 4.94. The van der Waals surface area contributed by atoms with Crippen LogP contribution in [-0.4, -0.2) is 11.3 Å². The molecule has 1 aromatic rings. The molecule has 0 amide bonds. The summed E-state index contributed by atoms with van der Waals surface area (Å²) >= 11 is 1.86. The second-order valence-corrected chi connectivity index (χ2v) is 6.80. The molecule has 2 nitrogen and oxygen atoms in total. The Bertz CT molecular complexity index is 336. The topological polar surface area (TPSA) is 52.0 Å². The lowest BCUT2D eigenvalue weighted by Crippen LogP contribution is -2.17. The molecule has 4 heteroatoms. The predicted molar refractivity (Wildman–Crippen MR) is 79.9 cm³/mol. The maximum atomic E-state index is 6.13. The molecule has 0 bridgehead atoms. The van der Waals surface area contributed by atoms with Gasteiger partial charge in [-0.2, -0.15) is 0 Å². The number of rotatable bonds is 4. The summed E-state index contributed by atoms with van der Waals surface area (Å²) in [6, 6.07) is 8.40. The van der Waals surface area contributed by atoms with Gasteiger partial charge in [0.1, 0.15) is 0 Å². The molecule has 0 aliphatic carbocycles. The molecule has 1 atom stereocenters. The Labute approximate surface area is 115 Å². The number of hydrogen-bond acceptors (Lipinski definition) is 3. The molecule has 0 aliphatic rings. The van der Waals surface area contributed by atoms with E-state index in [0.29, 0.717) is 6.54 Å². The van der Waals surface area contributed by atoms with Gasteiger partial charge in [0.15, 0.2) is 0 Å². The molecule has 0 aromatic heterocycles. The van der Waals surface area contributed by atoms with E-state index < -0.39 is 0 Å². The Morgan fingerprint density at radius 3 is 2.35 bits per heavy atom. The summed E-state index contributed by atoms with van der Waals surface area (Å²) in [6.07, 6.45) is 0.835. The minimum Gasteiger partial charge on any atom is -0.330 e. The van der Waals surface area contributed by atoms with Crippen LogP contribution in [0.15, 0.2) is 29.2 Å². The molecule has 0 heterocycles. The zero-order valence-electron chi connectivity index (χ0n) is 10.8. The molecule has 0 unspecified atom stereocenters. The van der Waals surface area contributed by atoms with Crippen LogP contribution in [0.3, 0.4) is 0 Å². The van der Waals surface area contributed by atoms with Crippen molar-refractivity contribution in [3.8, 4) is 0 Å². The van der Waals surface area contributed by atoms with Gasteiger partial charge < -0.3 is 11.5 Å². The predicted octanol–water partition coefficient (Wildman–Crippen LogP) is 3.35. The highest BCUT2D eigenvalue weighted by atomic mass is 35.5. The Morgan fingerprint density at radius 2 is 1.82 bits per heavy atom. The molecule has 4 N–H and O–H groups in total. The Hall–Kier alpha value is -0.220. The summed E-state index contributed by atoms with van der Waals surface area (Å²) in [6.45, 7) is 7.27. The van der Waals surface area contributed by atoms with Crippen LogP contribution < -0.4 is 11.5 Å². The maximum Gasteiger partial charge on any atom is 0.0318 e. The zero-order valence-corrected chi connectivity index (χ0v) is 12.4. The third-order valence-corrected chi connectivity index (χ3v) is 3.42. The minimum absolute atomic E-state index is 0. The van der Waals surface area contributed by atoms with Crippen molar-refractivity contribution >= 4 is 24.2 Å². The fourth-order valence-electron chi connectivity index (χ4n) is 1.54. The molecule has 0 fully saturated rings. The van der Waals surface area contributed by atoms with Gasteiger partial charge in [0.05, 0.1) is 0 Å². The lowest BCUT2D eigenvalue weighted by atomic mass is 10.1. The molecule has 0 radical (unpaired) electrons. The molecule has 0 aliphatic heterocycles. The smallest absolute Gasteiger partial charge is 0.0318 e. The van der Waals surface area contributed by atoms with Gasteiger partial charge in [-0.05, 0) is 24.6 Å². The highest BCUT2D eigenvalue weighted by molar-refractivity contribution is 8.00. The molecule has 98 valence electrons. The van der Waals surface area contributed by atoms with Crippen molar-refractivity contribution < 1.29 is 0 Å². The van der Waals surface area contributed by atoms with Crippen molar-refractivity contribution in [1.82, 2.24) is 0 Å². The number of hydrogen-bond donors (Lipinski definition) is 2. The molecular weight excluding hydrogens is 252 g/mol. The van der Waals surface area contributed by atoms with Crippen LogP contribution in [0.25, 0.3) is 0 Å². The standard InChI is InChI=1S/C13H22N2S.ClH/c1-13(2,3)16-12-7-5-4-6-10(12)11(15)8-9-14;/h4-7,11H,8-9,14-15H2,1-3H3;1H/t11-;/m0./s1. The number of benzene rings is 1. The van der Waals surface area contributed by atoms with E-state index in [1.54, 1.807) is 0 Å². The molecule has 0 saturated heterocycles. The number of nitrogens with two attached hydrogens (primary N) is 2. The first-order chi connectivity index (χ1) is 7.44. The van der Waals surface area contributed by atoms with E-state index >= 15 is 0 Å². The van der Waals surface area contributed by atoms with Crippen LogP contribution in [0.2, 0.25) is 0 Å². The molecule has 1 rings (SSSR count). The first-order valence-corrected chi connectivity index (χ1v) is 6.49. The molecule has 0 spiro atoms. The summed E-state index contributed by atoms with van der Waals surface area (Å²) in [7, 11) is 0. The molecule has 1 aromatic carbocycles. The fraction of sp³-hybridized carbons (Fsp3) is 0.538. The lowest BCUT2D eigenvalue weighted by molar-refractivity contribution is 0.650. The van der Waals surface area contributed by atoms with Gasteiger partial charge in [0.2, 0.25) is 0 Å². The summed E-state index contributed by atoms with van der Waals surface area (Å²) in [5.74, 6) is 0.